The van der Waals surface area contributed by atoms with Crippen molar-refractivity contribution < 1.29 is 14.3 Å². The van der Waals surface area contributed by atoms with Gasteiger partial charge in [0, 0.05) is 11.8 Å². The van der Waals surface area contributed by atoms with Crippen molar-refractivity contribution in [3.05, 3.63) is 53.6 Å². The second kappa shape index (κ2) is 9.85. The maximum Gasteiger partial charge on any atom is 0.262 e. The fourth-order valence-electron chi connectivity index (χ4n) is 2.58. The molecule has 0 spiro atoms. The predicted molar refractivity (Wildman–Crippen MR) is 106 cm³/mol. The van der Waals surface area contributed by atoms with Crippen LogP contribution in [0.25, 0.3) is 0 Å². The van der Waals surface area contributed by atoms with Crippen molar-refractivity contribution in [3.8, 4) is 11.5 Å². The largest absolute Gasteiger partial charge is 0.494 e. The van der Waals surface area contributed by atoms with Crippen molar-refractivity contribution in [3.63, 3.8) is 0 Å². The van der Waals surface area contributed by atoms with Crippen LogP contribution in [-0.2, 0) is 4.79 Å². The number of anilines is 1. The summed E-state index contributed by atoms with van der Waals surface area (Å²) in [5.41, 5.74) is 2.93. The van der Waals surface area contributed by atoms with Gasteiger partial charge in [0.05, 0.1) is 6.61 Å². The summed E-state index contributed by atoms with van der Waals surface area (Å²) in [5.74, 6) is 1.68. The van der Waals surface area contributed by atoms with Gasteiger partial charge in [-0.05, 0) is 48.6 Å². The Morgan fingerprint density at radius 2 is 1.92 bits per heavy atom. The van der Waals surface area contributed by atoms with E-state index >= 15 is 0 Å². The van der Waals surface area contributed by atoms with Crippen molar-refractivity contribution in [1.29, 1.82) is 0 Å². The highest BCUT2D eigenvalue weighted by atomic mass is 16.5. The average molecular weight is 355 g/mol. The van der Waals surface area contributed by atoms with E-state index in [1.165, 1.54) is 0 Å². The quantitative estimate of drug-likeness (QED) is 0.620. The van der Waals surface area contributed by atoms with E-state index in [4.69, 9.17) is 9.47 Å². The van der Waals surface area contributed by atoms with Crippen molar-refractivity contribution in [2.45, 2.75) is 46.5 Å². The molecular weight excluding hydrogens is 326 g/mol. The van der Waals surface area contributed by atoms with Gasteiger partial charge >= 0.3 is 0 Å². The summed E-state index contributed by atoms with van der Waals surface area (Å²) in [6.07, 6.45) is 2.10. The molecule has 0 aliphatic heterocycles. The Kier molecular flexibility index (Phi) is 7.52. The molecule has 0 heterocycles. The summed E-state index contributed by atoms with van der Waals surface area (Å²) in [6, 6.07) is 13.5. The number of carbonyl (C=O) groups excluding carboxylic acids is 1. The van der Waals surface area contributed by atoms with Gasteiger partial charge in [0.25, 0.3) is 5.91 Å². The molecule has 0 unspecified atom stereocenters. The van der Waals surface area contributed by atoms with Gasteiger partial charge in [-0.3, -0.25) is 4.79 Å². The molecule has 0 radical (unpaired) electrons. The van der Waals surface area contributed by atoms with Crippen LogP contribution in [0.3, 0.4) is 0 Å². The van der Waals surface area contributed by atoms with Crippen LogP contribution in [-0.4, -0.2) is 19.1 Å². The molecule has 1 amide bonds. The minimum atomic E-state index is -0.188. The van der Waals surface area contributed by atoms with Gasteiger partial charge in [-0.25, -0.2) is 0 Å². The summed E-state index contributed by atoms with van der Waals surface area (Å²) in [6.45, 7) is 9.02. The molecule has 1 N–H and O–H groups in total. The van der Waals surface area contributed by atoms with E-state index in [9.17, 15) is 4.79 Å². The number of amides is 1. The first-order valence-corrected chi connectivity index (χ1v) is 9.25. The fourth-order valence-corrected chi connectivity index (χ4v) is 2.58. The smallest absolute Gasteiger partial charge is 0.262 e. The third-order valence-electron chi connectivity index (χ3n) is 4.03. The Bertz CT molecular complexity index is 725. The number of hydrogen-bond acceptors (Lipinski definition) is 3. The standard InChI is InChI=1S/C22H29NO3/c1-5-6-12-25-19-9-7-8-18(14-19)23-22(24)15-26-21-13-17(4)10-11-20(21)16(2)3/h7-11,13-14,16H,5-6,12,15H2,1-4H3,(H,23,24). The third-order valence-corrected chi connectivity index (χ3v) is 4.03. The van der Waals surface area contributed by atoms with E-state index in [-0.39, 0.29) is 12.5 Å². The molecule has 4 nitrogen and oxygen atoms in total. The first-order chi connectivity index (χ1) is 12.5. The third kappa shape index (κ3) is 6.10. The molecule has 0 saturated heterocycles. The molecule has 140 valence electrons. The Morgan fingerprint density at radius 1 is 1.12 bits per heavy atom. The fraction of sp³-hybridized carbons (Fsp3) is 0.409. The highest BCUT2D eigenvalue weighted by Crippen LogP contribution is 2.27. The zero-order valence-corrected chi connectivity index (χ0v) is 16.2. The van der Waals surface area contributed by atoms with Crippen LogP contribution in [0.4, 0.5) is 5.69 Å². The Morgan fingerprint density at radius 3 is 2.65 bits per heavy atom. The van der Waals surface area contributed by atoms with E-state index in [0.717, 1.165) is 35.5 Å². The van der Waals surface area contributed by atoms with Gasteiger partial charge in [-0.2, -0.15) is 0 Å². The minimum absolute atomic E-state index is 0.0237. The number of rotatable bonds is 9. The number of benzene rings is 2. The molecule has 0 aliphatic carbocycles. The molecule has 0 fully saturated rings. The van der Waals surface area contributed by atoms with Crippen LogP contribution in [0, 0.1) is 6.92 Å². The van der Waals surface area contributed by atoms with Crippen LogP contribution in [0.5, 0.6) is 11.5 Å². The maximum absolute atomic E-state index is 12.2. The first-order valence-electron chi connectivity index (χ1n) is 9.25. The number of hydrogen-bond donors (Lipinski definition) is 1. The monoisotopic (exact) mass is 355 g/mol. The van der Waals surface area contributed by atoms with Gasteiger partial charge in [-0.15, -0.1) is 0 Å². The van der Waals surface area contributed by atoms with Gasteiger partial charge in [0.2, 0.25) is 0 Å². The lowest BCUT2D eigenvalue weighted by Crippen LogP contribution is -2.20. The van der Waals surface area contributed by atoms with Crippen molar-refractivity contribution in [2.24, 2.45) is 0 Å². The van der Waals surface area contributed by atoms with Crippen molar-refractivity contribution in [1.82, 2.24) is 0 Å². The summed E-state index contributed by atoms with van der Waals surface area (Å²) < 4.78 is 11.5. The normalized spacial score (nSPS) is 10.7. The molecule has 2 aromatic carbocycles. The Labute approximate surface area is 156 Å². The summed E-state index contributed by atoms with van der Waals surface area (Å²) in [7, 11) is 0. The molecule has 0 aliphatic rings. The van der Waals surface area contributed by atoms with E-state index in [1.54, 1.807) is 0 Å². The molecule has 2 rings (SSSR count). The van der Waals surface area contributed by atoms with E-state index in [0.29, 0.717) is 18.2 Å². The Hall–Kier alpha value is -2.49. The lowest BCUT2D eigenvalue weighted by atomic mass is 10.0. The minimum Gasteiger partial charge on any atom is -0.494 e. The molecule has 0 saturated carbocycles. The van der Waals surface area contributed by atoms with E-state index in [2.05, 4.69) is 38.2 Å². The first kappa shape index (κ1) is 19.8. The molecule has 0 aromatic heterocycles. The second-order valence-corrected chi connectivity index (χ2v) is 6.76. The van der Waals surface area contributed by atoms with Crippen LogP contribution in [0.1, 0.15) is 50.7 Å². The molecule has 0 bridgehead atoms. The lowest BCUT2D eigenvalue weighted by molar-refractivity contribution is -0.118. The zero-order chi connectivity index (χ0) is 18.9. The highest BCUT2D eigenvalue weighted by Gasteiger charge is 2.10. The zero-order valence-electron chi connectivity index (χ0n) is 16.2. The number of ether oxygens (including phenoxy) is 2. The van der Waals surface area contributed by atoms with Crippen LogP contribution >= 0.6 is 0 Å². The van der Waals surface area contributed by atoms with E-state index in [1.807, 2.05) is 37.3 Å². The molecule has 0 atom stereocenters. The predicted octanol–water partition coefficient (Wildman–Crippen LogP) is 5.31. The summed E-state index contributed by atoms with van der Waals surface area (Å²) >= 11 is 0. The van der Waals surface area contributed by atoms with E-state index < -0.39 is 0 Å². The van der Waals surface area contributed by atoms with Gasteiger partial charge < -0.3 is 14.8 Å². The van der Waals surface area contributed by atoms with Crippen LogP contribution in [0.2, 0.25) is 0 Å². The topological polar surface area (TPSA) is 47.6 Å². The number of unbranched alkanes of at least 4 members (excludes halogenated alkanes) is 1. The molecule has 4 heteroatoms. The number of carbonyl (C=O) groups is 1. The molecule has 2 aromatic rings. The Balaban J connectivity index is 1.93. The maximum atomic E-state index is 12.2. The summed E-state index contributed by atoms with van der Waals surface area (Å²) in [4.78, 5) is 12.2. The van der Waals surface area contributed by atoms with Gasteiger partial charge in [0.15, 0.2) is 6.61 Å². The summed E-state index contributed by atoms with van der Waals surface area (Å²) in [5, 5.41) is 2.86. The highest BCUT2D eigenvalue weighted by molar-refractivity contribution is 5.92. The molecular formula is C22H29NO3. The van der Waals surface area contributed by atoms with Gasteiger partial charge in [-0.1, -0.05) is 45.4 Å². The second-order valence-electron chi connectivity index (χ2n) is 6.76. The lowest BCUT2D eigenvalue weighted by Gasteiger charge is -2.15. The van der Waals surface area contributed by atoms with Crippen LogP contribution in [0.15, 0.2) is 42.5 Å². The SMILES string of the molecule is CCCCOc1cccc(NC(=O)COc2cc(C)ccc2C(C)C)c1. The average Bonchev–Trinajstić information content (AvgIpc) is 2.60. The van der Waals surface area contributed by atoms with Crippen molar-refractivity contribution >= 4 is 11.6 Å². The van der Waals surface area contributed by atoms with Gasteiger partial charge in [0.1, 0.15) is 11.5 Å². The number of aryl methyl sites for hydroxylation is 1. The van der Waals surface area contributed by atoms with Crippen molar-refractivity contribution in [2.75, 3.05) is 18.5 Å². The number of nitrogens with one attached hydrogen (secondary N) is 1. The molecule has 26 heavy (non-hydrogen) atoms. The van der Waals surface area contributed by atoms with Crippen LogP contribution < -0.4 is 14.8 Å².